The van der Waals surface area contributed by atoms with Crippen LogP contribution >= 0.6 is 11.6 Å². The van der Waals surface area contributed by atoms with Gasteiger partial charge < -0.3 is 9.88 Å². The Morgan fingerprint density at radius 3 is 2.58 bits per heavy atom. The number of amides is 1. The van der Waals surface area contributed by atoms with Gasteiger partial charge >= 0.3 is 0 Å². The van der Waals surface area contributed by atoms with Crippen LogP contribution in [0.25, 0.3) is 0 Å². The summed E-state index contributed by atoms with van der Waals surface area (Å²) in [6.07, 6.45) is 1.59. The number of carbonyl (C=O) groups is 1. The second-order valence-corrected chi connectivity index (χ2v) is 6.66. The van der Waals surface area contributed by atoms with E-state index in [1.165, 1.54) is 12.1 Å². The fraction of sp³-hybridized carbons (Fsp3) is 0.143. The highest BCUT2D eigenvalue weighted by molar-refractivity contribution is 6.31. The van der Waals surface area contributed by atoms with Crippen molar-refractivity contribution in [1.29, 1.82) is 0 Å². The maximum atomic E-state index is 12.6. The van der Waals surface area contributed by atoms with E-state index < -0.39 is 0 Å². The Labute approximate surface area is 157 Å². The van der Waals surface area contributed by atoms with Gasteiger partial charge in [0, 0.05) is 23.0 Å². The van der Waals surface area contributed by atoms with Crippen molar-refractivity contribution in [2.75, 3.05) is 5.32 Å². The zero-order valence-corrected chi connectivity index (χ0v) is 15.4. The molecule has 3 aromatic rings. The number of benzene rings is 2. The summed E-state index contributed by atoms with van der Waals surface area (Å²) in [6.45, 7) is 4.31. The Kier molecular flexibility index (Phi) is 5.24. The second kappa shape index (κ2) is 7.58. The molecule has 0 saturated carbocycles. The van der Waals surface area contributed by atoms with E-state index in [2.05, 4.69) is 5.32 Å². The van der Waals surface area contributed by atoms with Gasteiger partial charge in [0.15, 0.2) is 0 Å². The summed E-state index contributed by atoms with van der Waals surface area (Å²) in [5, 5.41) is 3.40. The van der Waals surface area contributed by atoms with E-state index in [1.54, 1.807) is 22.9 Å². The predicted molar refractivity (Wildman–Crippen MR) is 105 cm³/mol. The topological polar surface area (TPSA) is 51.1 Å². The van der Waals surface area contributed by atoms with Gasteiger partial charge in [0.05, 0.1) is 12.1 Å². The van der Waals surface area contributed by atoms with Crippen LogP contribution in [0.3, 0.4) is 0 Å². The number of hydrogen-bond acceptors (Lipinski definition) is 2. The standard InChI is InChI=1S/C21H19ClN2O2/c1-14-5-3-4-6-16(14)12-24-13-17(8-10-20(24)25)21(26)23-19-11-18(22)9-7-15(19)2/h3-11,13H,12H2,1-2H3,(H,23,26). The summed E-state index contributed by atoms with van der Waals surface area (Å²) in [4.78, 5) is 24.8. The van der Waals surface area contributed by atoms with Gasteiger partial charge in [-0.05, 0) is 48.7 Å². The van der Waals surface area contributed by atoms with E-state index in [4.69, 9.17) is 11.6 Å². The number of rotatable bonds is 4. The molecule has 1 amide bonds. The molecule has 1 aromatic heterocycles. The molecule has 0 aliphatic carbocycles. The number of anilines is 1. The molecule has 3 rings (SSSR count). The van der Waals surface area contributed by atoms with Crippen LogP contribution in [0.1, 0.15) is 27.0 Å². The molecule has 0 radical (unpaired) electrons. The van der Waals surface area contributed by atoms with Crippen molar-refractivity contribution in [3.8, 4) is 0 Å². The molecule has 26 heavy (non-hydrogen) atoms. The minimum atomic E-state index is -0.283. The number of nitrogens with one attached hydrogen (secondary N) is 1. The fourth-order valence-corrected chi connectivity index (χ4v) is 2.86. The van der Waals surface area contributed by atoms with Crippen LogP contribution in [0.15, 0.2) is 65.6 Å². The van der Waals surface area contributed by atoms with Gasteiger partial charge in [-0.15, -0.1) is 0 Å². The minimum Gasteiger partial charge on any atom is -0.322 e. The summed E-state index contributed by atoms with van der Waals surface area (Å²) in [6, 6.07) is 16.1. The summed E-state index contributed by atoms with van der Waals surface area (Å²) in [7, 11) is 0. The lowest BCUT2D eigenvalue weighted by Gasteiger charge is -2.12. The zero-order chi connectivity index (χ0) is 18.7. The molecule has 0 aliphatic rings. The number of aromatic nitrogens is 1. The van der Waals surface area contributed by atoms with E-state index in [-0.39, 0.29) is 11.5 Å². The Bertz CT molecular complexity index is 1020. The first-order chi connectivity index (χ1) is 12.4. The van der Waals surface area contributed by atoms with E-state index >= 15 is 0 Å². The van der Waals surface area contributed by atoms with Crippen LogP contribution in [0.2, 0.25) is 5.02 Å². The lowest BCUT2D eigenvalue weighted by molar-refractivity contribution is 0.102. The van der Waals surface area contributed by atoms with Gasteiger partial charge in [0.2, 0.25) is 0 Å². The summed E-state index contributed by atoms with van der Waals surface area (Å²) in [5.74, 6) is -0.283. The SMILES string of the molecule is Cc1ccccc1Cn1cc(C(=O)Nc2cc(Cl)ccc2C)ccc1=O. The number of halogens is 1. The molecule has 0 atom stereocenters. The molecule has 2 aromatic carbocycles. The number of nitrogens with zero attached hydrogens (tertiary/aromatic N) is 1. The number of carbonyl (C=O) groups excluding carboxylic acids is 1. The Balaban J connectivity index is 1.87. The molecule has 0 fully saturated rings. The van der Waals surface area contributed by atoms with Crippen molar-refractivity contribution in [3.63, 3.8) is 0 Å². The first-order valence-corrected chi connectivity index (χ1v) is 8.64. The lowest BCUT2D eigenvalue weighted by Crippen LogP contribution is -2.23. The average molecular weight is 367 g/mol. The lowest BCUT2D eigenvalue weighted by atomic mass is 10.1. The first-order valence-electron chi connectivity index (χ1n) is 8.26. The molecule has 0 spiro atoms. The summed E-state index contributed by atoms with van der Waals surface area (Å²) >= 11 is 6.00. The highest BCUT2D eigenvalue weighted by atomic mass is 35.5. The fourth-order valence-electron chi connectivity index (χ4n) is 2.68. The third-order valence-corrected chi connectivity index (χ3v) is 4.53. The van der Waals surface area contributed by atoms with Crippen molar-refractivity contribution in [2.45, 2.75) is 20.4 Å². The molecule has 1 heterocycles. The van der Waals surface area contributed by atoms with Crippen molar-refractivity contribution in [1.82, 2.24) is 4.57 Å². The van der Waals surface area contributed by atoms with Crippen LogP contribution < -0.4 is 10.9 Å². The van der Waals surface area contributed by atoms with Gasteiger partial charge in [-0.25, -0.2) is 0 Å². The van der Waals surface area contributed by atoms with Gasteiger partial charge in [0.25, 0.3) is 11.5 Å². The van der Waals surface area contributed by atoms with Gasteiger partial charge in [-0.1, -0.05) is 41.9 Å². The molecular weight excluding hydrogens is 348 g/mol. The van der Waals surface area contributed by atoms with Gasteiger partial charge in [-0.2, -0.15) is 0 Å². The quantitative estimate of drug-likeness (QED) is 0.743. The highest BCUT2D eigenvalue weighted by Gasteiger charge is 2.11. The van der Waals surface area contributed by atoms with Crippen molar-refractivity contribution in [3.05, 3.63) is 98.4 Å². The molecule has 132 valence electrons. The monoisotopic (exact) mass is 366 g/mol. The van der Waals surface area contributed by atoms with E-state index in [0.29, 0.717) is 22.8 Å². The molecular formula is C21H19ClN2O2. The molecule has 0 bridgehead atoms. The summed E-state index contributed by atoms with van der Waals surface area (Å²) in [5.41, 5.74) is 3.97. The minimum absolute atomic E-state index is 0.149. The van der Waals surface area contributed by atoms with Crippen LogP contribution in [0.4, 0.5) is 5.69 Å². The second-order valence-electron chi connectivity index (χ2n) is 6.22. The van der Waals surface area contributed by atoms with Crippen molar-refractivity contribution in [2.24, 2.45) is 0 Å². The summed E-state index contributed by atoms with van der Waals surface area (Å²) < 4.78 is 1.54. The maximum absolute atomic E-state index is 12.6. The number of aryl methyl sites for hydroxylation is 2. The Morgan fingerprint density at radius 1 is 1.04 bits per heavy atom. The number of hydrogen-bond donors (Lipinski definition) is 1. The van der Waals surface area contributed by atoms with Crippen LogP contribution in [0.5, 0.6) is 0 Å². The van der Waals surface area contributed by atoms with Crippen LogP contribution in [-0.2, 0) is 6.54 Å². The average Bonchev–Trinajstić information content (AvgIpc) is 2.62. The molecule has 5 heteroatoms. The van der Waals surface area contributed by atoms with Crippen LogP contribution in [-0.4, -0.2) is 10.5 Å². The Hall–Kier alpha value is -2.85. The third-order valence-electron chi connectivity index (χ3n) is 4.30. The highest BCUT2D eigenvalue weighted by Crippen LogP contribution is 2.20. The van der Waals surface area contributed by atoms with Crippen molar-refractivity contribution < 1.29 is 4.79 Å². The largest absolute Gasteiger partial charge is 0.322 e. The van der Waals surface area contributed by atoms with Gasteiger partial charge in [-0.3, -0.25) is 9.59 Å². The van der Waals surface area contributed by atoms with Gasteiger partial charge in [0.1, 0.15) is 0 Å². The van der Waals surface area contributed by atoms with E-state index in [1.807, 2.05) is 44.2 Å². The molecule has 0 saturated heterocycles. The third kappa shape index (κ3) is 4.03. The Morgan fingerprint density at radius 2 is 1.81 bits per heavy atom. The maximum Gasteiger partial charge on any atom is 0.257 e. The van der Waals surface area contributed by atoms with Crippen molar-refractivity contribution >= 4 is 23.2 Å². The van der Waals surface area contributed by atoms with Crippen LogP contribution in [0, 0.1) is 13.8 Å². The van der Waals surface area contributed by atoms with E-state index in [0.717, 1.165) is 16.7 Å². The molecule has 0 unspecified atom stereocenters. The normalized spacial score (nSPS) is 10.6. The zero-order valence-electron chi connectivity index (χ0n) is 14.6. The predicted octanol–water partition coefficient (Wildman–Crippen LogP) is 4.42. The first kappa shape index (κ1) is 18.0. The van der Waals surface area contributed by atoms with E-state index in [9.17, 15) is 9.59 Å². The molecule has 0 aliphatic heterocycles. The molecule has 4 nitrogen and oxygen atoms in total. The number of pyridine rings is 1. The smallest absolute Gasteiger partial charge is 0.257 e. The molecule has 1 N–H and O–H groups in total.